The van der Waals surface area contributed by atoms with E-state index in [-0.39, 0.29) is 0 Å². The third-order valence-corrected chi connectivity index (χ3v) is 2.39. The minimum atomic E-state index is 0.657. The summed E-state index contributed by atoms with van der Waals surface area (Å²) in [6.07, 6.45) is 2.55. The first-order valence-corrected chi connectivity index (χ1v) is 4.20. The summed E-state index contributed by atoms with van der Waals surface area (Å²) >= 11 is 0. The fraction of sp³-hybridized carbons (Fsp3) is 0.750. The van der Waals surface area contributed by atoms with Gasteiger partial charge in [0.05, 0.1) is 0 Å². The van der Waals surface area contributed by atoms with Gasteiger partial charge in [-0.3, -0.25) is 5.10 Å². The van der Waals surface area contributed by atoms with Crippen LogP contribution in [0.5, 0.6) is 0 Å². The first-order valence-electron chi connectivity index (χ1n) is 4.20. The van der Waals surface area contributed by atoms with Crippen LogP contribution in [0.4, 0.5) is 0 Å². The average Bonchev–Trinajstić information content (AvgIpc) is 2.68. The van der Waals surface area contributed by atoms with Crippen LogP contribution in [0.15, 0.2) is 0 Å². The second kappa shape index (κ2) is 2.32. The van der Waals surface area contributed by atoms with Crippen LogP contribution in [-0.4, -0.2) is 15.2 Å². The van der Waals surface area contributed by atoms with Gasteiger partial charge in [-0.1, -0.05) is 13.3 Å². The van der Waals surface area contributed by atoms with Gasteiger partial charge in [-0.2, -0.15) is 5.10 Å². The van der Waals surface area contributed by atoms with Gasteiger partial charge in [0, 0.05) is 5.92 Å². The first-order chi connectivity index (χ1) is 5.31. The SMILES string of the molecule is CC[C@@H]1C[C@H]1c1n[nH]c(C)n1. The quantitative estimate of drug-likeness (QED) is 0.698. The highest BCUT2D eigenvalue weighted by Gasteiger charge is 2.39. The minimum absolute atomic E-state index is 0.657. The highest BCUT2D eigenvalue weighted by Crippen LogP contribution is 2.47. The van der Waals surface area contributed by atoms with Crippen LogP contribution >= 0.6 is 0 Å². The topological polar surface area (TPSA) is 41.6 Å². The van der Waals surface area contributed by atoms with E-state index in [1.165, 1.54) is 12.8 Å². The van der Waals surface area contributed by atoms with Gasteiger partial charge in [-0.15, -0.1) is 0 Å². The molecule has 11 heavy (non-hydrogen) atoms. The largest absolute Gasteiger partial charge is 0.263 e. The molecule has 1 N–H and O–H groups in total. The standard InChI is InChI=1S/C8H13N3/c1-3-6-4-7(6)8-9-5(2)10-11-8/h6-7H,3-4H2,1-2H3,(H,9,10,11)/t6-,7-/m1/s1. The predicted molar refractivity (Wildman–Crippen MR) is 42.3 cm³/mol. The summed E-state index contributed by atoms with van der Waals surface area (Å²) in [5.74, 6) is 3.46. The molecule has 0 radical (unpaired) electrons. The maximum absolute atomic E-state index is 4.30. The molecule has 1 aliphatic carbocycles. The van der Waals surface area contributed by atoms with E-state index in [1.807, 2.05) is 6.92 Å². The van der Waals surface area contributed by atoms with Gasteiger partial charge < -0.3 is 0 Å². The van der Waals surface area contributed by atoms with Gasteiger partial charge >= 0.3 is 0 Å². The lowest BCUT2D eigenvalue weighted by atomic mass is 10.2. The molecule has 2 atom stereocenters. The maximum Gasteiger partial charge on any atom is 0.154 e. The highest BCUT2D eigenvalue weighted by atomic mass is 15.2. The highest BCUT2D eigenvalue weighted by molar-refractivity contribution is 5.09. The number of hydrogen-bond acceptors (Lipinski definition) is 2. The number of rotatable bonds is 2. The Morgan fingerprint density at radius 1 is 1.64 bits per heavy atom. The zero-order valence-electron chi connectivity index (χ0n) is 6.96. The van der Waals surface area contributed by atoms with Crippen LogP contribution in [0, 0.1) is 12.8 Å². The molecule has 60 valence electrons. The lowest BCUT2D eigenvalue weighted by Gasteiger charge is -1.87. The normalized spacial score (nSPS) is 28.9. The van der Waals surface area contributed by atoms with Crippen molar-refractivity contribution in [2.45, 2.75) is 32.6 Å². The lowest BCUT2D eigenvalue weighted by Crippen LogP contribution is -1.85. The summed E-state index contributed by atoms with van der Waals surface area (Å²) in [6, 6.07) is 0. The molecular formula is C8H13N3. The zero-order valence-corrected chi connectivity index (χ0v) is 6.96. The number of nitrogens with one attached hydrogen (secondary N) is 1. The number of aromatic nitrogens is 3. The number of H-pyrrole nitrogens is 1. The number of aryl methyl sites for hydroxylation is 1. The Morgan fingerprint density at radius 2 is 2.45 bits per heavy atom. The Balaban J connectivity index is 2.08. The number of aromatic amines is 1. The number of nitrogens with zero attached hydrogens (tertiary/aromatic N) is 2. The molecule has 1 aromatic heterocycles. The second-order valence-corrected chi connectivity index (χ2v) is 3.29. The molecule has 0 amide bonds. The van der Waals surface area contributed by atoms with Gasteiger partial charge in [-0.25, -0.2) is 4.98 Å². The molecule has 1 heterocycles. The molecule has 0 unspecified atom stereocenters. The van der Waals surface area contributed by atoms with Gasteiger partial charge in [-0.05, 0) is 19.3 Å². The molecule has 3 heteroatoms. The fourth-order valence-electron chi connectivity index (χ4n) is 1.54. The van der Waals surface area contributed by atoms with Crippen LogP contribution < -0.4 is 0 Å². The van der Waals surface area contributed by atoms with E-state index in [9.17, 15) is 0 Å². The summed E-state index contributed by atoms with van der Waals surface area (Å²) in [6.45, 7) is 4.17. The van der Waals surface area contributed by atoms with Crippen molar-refractivity contribution in [3.63, 3.8) is 0 Å². The van der Waals surface area contributed by atoms with Crippen molar-refractivity contribution in [1.82, 2.24) is 15.2 Å². The molecule has 0 spiro atoms. The monoisotopic (exact) mass is 151 g/mol. The van der Waals surface area contributed by atoms with E-state index in [4.69, 9.17) is 0 Å². The smallest absolute Gasteiger partial charge is 0.154 e. The van der Waals surface area contributed by atoms with Crippen LogP contribution in [0.2, 0.25) is 0 Å². The first kappa shape index (κ1) is 6.83. The van der Waals surface area contributed by atoms with Gasteiger partial charge in [0.2, 0.25) is 0 Å². The summed E-state index contributed by atoms with van der Waals surface area (Å²) in [7, 11) is 0. The molecule has 1 fully saturated rings. The molecule has 1 saturated carbocycles. The fourth-order valence-corrected chi connectivity index (χ4v) is 1.54. The Morgan fingerprint density at radius 3 is 2.91 bits per heavy atom. The molecular weight excluding hydrogens is 138 g/mol. The summed E-state index contributed by atoms with van der Waals surface area (Å²) < 4.78 is 0. The van der Waals surface area contributed by atoms with Crippen molar-refractivity contribution < 1.29 is 0 Å². The van der Waals surface area contributed by atoms with E-state index in [0.29, 0.717) is 5.92 Å². The minimum Gasteiger partial charge on any atom is -0.263 e. The average molecular weight is 151 g/mol. The van der Waals surface area contributed by atoms with Crippen LogP contribution in [0.1, 0.15) is 37.3 Å². The molecule has 0 aromatic carbocycles. The van der Waals surface area contributed by atoms with Crippen LogP contribution in [-0.2, 0) is 0 Å². The van der Waals surface area contributed by atoms with Crippen molar-refractivity contribution in [1.29, 1.82) is 0 Å². The molecule has 1 aromatic rings. The number of hydrogen-bond donors (Lipinski definition) is 1. The zero-order chi connectivity index (χ0) is 7.84. The van der Waals surface area contributed by atoms with Crippen molar-refractivity contribution in [2.24, 2.45) is 5.92 Å². The maximum atomic E-state index is 4.30. The van der Waals surface area contributed by atoms with Gasteiger partial charge in [0.25, 0.3) is 0 Å². The Kier molecular flexibility index (Phi) is 1.44. The van der Waals surface area contributed by atoms with Crippen LogP contribution in [0.3, 0.4) is 0 Å². The lowest BCUT2D eigenvalue weighted by molar-refractivity contribution is 0.744. The van der Waals surface area contributed by atoms with Gasteiger partial charge in [0.1, 0.15) is 5.82 Å². The molecule has 1 aliphatic rings. The predicted octanol–water partition coefficient (Wildman–Crippen LogP) is 1.63. The van der Waals surface area contributed by atoms with Crippen molar-refractivity contribution in [3.8, 4) is 0 Å². The van der Waals surface area contributed by atoms with E-state index >= 15 is 0 Å². The second-order valence-electron chi connectivity index (χ2n) is 3.29. The Labute approximate surface area is 66.2 Å². The summed E-state index contributed by atoms with van der Waals surface area (Å²) in [5.41, 5.74) is 0. The third kappa shape index (κ3) is 1.15. The molecule has 0 saturated heterocycles. The molecule has 3 nitrogen and oxygen atoms in total. The summed E-state index contributed by atoms with van der Waals surface area (Å²) in [5, 5.41) is 7.01. The molecule has 0 aliphatic heterocycles. The van der Waals surface area contributed by atoms with Crippen molar-refractivity contribution >= 4 is 0 Å². The molecule has 2 rings (SSSR count). The summed E-state index contributed by atoms with van der Waals surface area (Å²) in [4.78, 5) is 4.30. The van der Waals surface area contributed by atoms with E-state index < -0.39 is 0 Å². The molecule has 0 bridgehead atoms. The Hall–Kier alpha value is -0.860. The van der Waals surface area contributed by atoms with E-state index in [1.54, 1.807) is 0 Å². The third-order valence-electron chi connectivity index (χ3n) is 2.39. The van der Waals surface area contributed by atoms with Crippen LogP contribution in [0.25, 0.3) is 0 Å². The Bertz CT molecular complexity index is 254. The van der Waals surface area contributed by atoms with E-state index in [2.05, 4.69) is 22.1 Å². The van der Waals surface area contributed by atoms with Gasteiger partial charge in [0.15, 0.2) is 5.82 Å². The van der Waals surface area contributed by atoms with E-state index in [0.717, 1.165) is 17.6 Å². The van der Waals surface area contributed by atoms with Crippen molar-refractivity contribution in [3.05, 3.63) is 11.6 Å². The van der Waals surface area contributed by atoms with Crippen molar-refractivity contribution in [2.75, 3.05) is 0 Å².